The number of nitrogen functional groups attached to an aromatic ring is 1. The number of hydrogen-bond acceptors (Lipinski definition) is 4. The Kier molecular flexibility index (Phi) is 2.73. The zero-order valence-corrected chi connectivity index (χ0v) is 8.41. The molecule has 0 spiro atoms. The van der Waals surface area contributed by atoms with E-state index in [2.05, 4.69) is 15.0 Å². The van der Waals surface area contributed by atoms with Crippen molar-refractivity contribution in [2.45, 2.75) is 0 Å². The summed E-state index contributed by atoms with van der Waals surface area (Å²) in [6.07, 6.45) is 1.19. The molecule has 2 aromatic rings. The van der Waals surface area contributed by atoms with Crippen LogP contribution in [0.15, 0.2) is 29.0 Å². The molecule has 1 aromatic heterocycles. The zero-order valence-electron chi connectivity index (χ0n) is 8.41. The van der Waals surface area contributed by atoms with Crippen LogP contribution >= 0.6 is 0 Å². The Morgan fingerprint density at radius 3 is 2.76 bits per heavy atom. The van der Waals surface area contributed by atoms with Crippen LogP contribution in [0.25, 0.3) is 0 Å². The van der Waals surface area contributed by atoms with E-state index in [9.17, 15) is 13.6 Å². The minimum absolute atomic E-state index is 0.0341. The van der Waals surface area contributed by atoms with Crippen molar-refractivity contribution in [1.82, 2.24) is 5.16 Å². The summed E-state index contributed by atoms with van der Waals surface area (Å²) in [7, 11) is 0. The third-order valence-corrected chi connectivity index (χ3v) is 1.99. The number of carbonyl (C=O) groups excluding carboxylic acids is 1. The van der Waals surface area contributed by atoms with Crippen molar-refractivity contribution in [1.29, 1.82) is 0 Å². The predicted molar refractivity (Wildman–Crippen MR) is 55.2 cm³/mol. The van der Waals surface area contributed by atoms with Gasteiger partial charge in [-0.05, 0) is 6.07 Å². The van der Waals surface area contributed by atoms with Gasteiger partial charge in [0, 0.05) is 12.1 Å². The maximum atomic E-state index is 13.3. The van der Waals surface area contributed by atoms with Gasteiger partial charge in [0.15, 0.2) is 11.5 Å². The van der Waals surface area contributed by atoms with Crippen molar-refractivity contribution in [2.75, 3.05) is 11.1 Å². The molecular formula is C10H7F2N3O2. The maximum Gasteiger partial charge on any atom is 0.277 e. The molecule has 0 aliphatic rings. The number of amides is 1. The van der Waals surface area contributed by atoms with Crippen LogP contribution in [0.2, 0.25) is 0 Å². The van der Waals surface area contributed by atoms with E-state index in [-0.39, 0.29) is 17.1 Å². The summed E-state index contributed by atoms with van der Waals surface area (Å²) in [4.78, 5) is 11.5. The Labute approximate surface area is 94.2 Å². The summed E-state index contributed by atoms with van der Waals surface area (Å²) in [5.74, 6) is -2.48. The summed E-state index contributed by atoms with van der Waals surface area (Å²) in [6.45, 7) is 0. The topological polar surface area (TPSA) is 81.1 Å². The Balaban J connectivity index is 2.28. The molecule has 0 fully saturated rings. The number of nitrogens with two attached hydrogens (primary N) is 1. The SMILES string of the molecule is Nc1cc(F)cc(F)c1NC(=O)c1ccon1. The third kappa shape index (κ3) is 2.22. The van der Waals surface area contributed by atoms with Crippen molar-refractivity contribution >= 4 is 17.3 Å². The lowest BCUT2D eigenvalue weighted by atomic mass is 10.2. The quantitative estimate of drug-likeness (QED) is 0.783. The third-order valence-electron chi connectivity index (χ3n) is 1.99. The van der Waals surface area contributed by atoms with E-state index in [1.165, 1.54) is 12.3 Å². The van der Waals surface area contributed by atoms with Gasteiger partial charge in [0.1, 0.15) is 17.8 Å². The second kappa shape index (κ2) is 4.20. The van der Waals surface area contributed by atoms with E-state index in [0.717, 1.165) is 6.07 Å². The fraction of sp³-hybridized carbons (Fsp3) is 0. The van der Waals surface area contributed by atoms with E-state index in [4.69, 9.17) is 5.73 Å². The molecule has 0 saturated carbocycles. The van der Waals surface area contributed by atoms with Gasteiger partial charge in [-0.3, -0.25) is 4.79 Å². The van der Waals surface area contributed by atoms with Crippen LogP contribution in [0.4, 0.5) is 20.2 Å². The number of nitrogens with zero attached hydrogens (tertiary/aromatic N) is 1. The number of anilines is 2. The largest absolute Gasteiger partial charge is 0.397 e. The predicted octanol–water partition coefficient (Wildman–Crippen LogP) is 1.79. The van der Waals surface area contributed by atoms with Gasteiger partial charge in [0.05, 0.1) is 5.69 Å². The lowest BCUT2D eigenvalue weighted by Crippen LogP contribution is -2.15. The fourth-order valence-corrected chi connectivity index (χ4v) is 1.23. The number of rotatable bonds is 2. The van der Waals surface area contributed by atoms with Crippen LogP contribution in [0.5, 0.6) is 0 Å². The first-order chi connectivity index (χ1) is 8.08. The number of carbonyl (C=O) groups is 1. The molecule has 1 amide bonds. The van der Waals surface area contributed by atoms with Crippen molar-refractivity contribution < 1.29 is 18.1 Å². The van der Waals surface area contributed by atoms with Gasteiger partial charge in [-0.1, -0.05) is 5.16 Å². The van der Waals surface area contributed by atoms with E-state index in [1.807, 2.05) is 0 Å². The molecule has 0 saturated heterocycles. The van der Waals surface area contributed by atoms with E-state index >= 15 is 0 Å². The molecule has 88 valence electrons. The molecule has 2 rings (SSSR count). The average molecular weight is 239 g/mol. The molecule has 1 aromatic carbocycles. The van der Waals surface area contributed by atoms with Crippen LogP contribution < -0.4 is 11.1 Å². The zero-order chi connectivity index (χ0) is 12.4. The highest BCUT2D eigenvalue weighted by molar-refractivity contribution is 6.04. The van der Waals surface area contributed by atoms with Crippen molar-refractivity contribution in [3.05, 3.63) is 41.8 Å². The highest BCUT2D eigenvalue weighted by atomic mass is 19.1. The summed E-state index contributed by atoms with van der Waals surface area (Å²) >= 11 is 0. The van der Waals surface area contributed by atoms with Crippen LogP contribution in [-0.4, -0.2) is 11.1 Å². The van der Waals surface area contributed by atoms with E-state index < -0.39 is 17.5 Å². The van der Waals surface area contributed by atoms with E-state index in [1.54, 1.807) is 0 Å². The molecule has 17 heavy (non-hydrogen) atoms. The number of hydrogen-bond donors (Lipinski definition) is 2. The Morgan fingerprint density at radius 1 is 1.41 bits per heavy atom. The van der Waals surface area contributed by atoms with Gasteiger partial charge < -0.3 is 15.6 Å². The summed E-state index contributed by atoms with van der Waals surface area (Å²) in [5.41, 5.74) is 4.85. The van der Waals surface area contributed by atoms with Crippen molar-refractivity contribution in [3.8, 4) is 0 Å². The van der Waals surface area contributed by atoms with Crippen molar-refractivity contribution in [2.24, 2.45) is 0 Å². The normalized spacial score (nSPS) is 10.2. The highest BCUT2D eigenvalue weighted by Gasteiger charge is 2.15. The molecule has 0 atom stereocenters. The molecule has 3 N–H and O–H groups in total. The molecule has 1 heterocycles. The standard InChI is InChI=1S/C10H7F2N3O2/c11-5-3-6(12)9(7(13)4-5)14-10(16)8-1-2-17-15-8/h1-4H,13H2,(H,14,16). The molecule has 0 radical (unpaired) electrons. The van der Waals surface area contributed by atoms with E-state index in [0.29, 0.717) is 6.07 Å². The molecule has 7 heteroatoms. The van der Waals surface area contributed by atoms with Crippen molar-refractivity contribution in [3.63, 3.8) is 0 Å². The molecular weight excluding hydrogens is 232 g/mol. The second-order valence-electron chi connectivity index (χ2n) is 3.19. The van der Waals surface area contributed by atoms with Gasteiger partial charge in [-0.2, -0.15) is 0 Å². The number of benzene rings is 1. The minimum atomic E-state index is -0.959. The second-order valence-corrected chi connectivity index (χ2v) is 3.19. The Hall–Kier alpha value is -2.44. The minimum Gasteiger partial charge on any atom is -0.397 e. The summed E-state index contributed by atoms with van der Waals surface area (Å²) < 4.78 is 30.6. The lowest BCUT2D eigenvalue weighted by Gasteiger charge is -2.07. The summed E-state index contributed by atoms with van der Waals surface area (Å²) in [6, 6.07) is 2.82. The lowest BCUT2D eigenvalue weighted by molar-refractivity contribution is 0.101. The number of aromatic nitrogens is 1. The first kappa shape index (κ1) is 11.1. The first-order valence-electron chi connectivity index (χ1n) is 4.54. The first-order valence-corrected chi connectivity index (χ1v) is 4.54. The molecule has 0 unspecified atom stereocenters. The molecule has 5 nitrogen and oxygen atoms in total. The highest BCUT2D eigenvalue weighted by Crippen LogP contribution is 2.24. The monoisotopic (exact) mass is 239 g/mol. The smallest absolute Gasteiger partial charge is 0.277 e. The molecule has 0 aliphatic heterocycles. The Bertz CT molecular complexity index is 532. The van der Waals surface area contributed by atoms with Crippen LogP contribution in [-0.2, 0) is 0 Å². The van der Waals surface area contributed by atoms with Gasteiger partial charge >= 0.3 is 0 Å². The van der Waals surface area contributed by atoms with Gasteiger partial charge in [-0.25, -0.2) is 8.78 Å². The van der Waals surface area contributed by atoms with Crippen LogP contribution in [0.3, 0.4) is 0 Å². The molecule has 0 aliphatic carbocycles. The maximum absolute atomic E-state index is 13.3. The number of nitrogens with one attached hydrogen (secondary N) is 1. The number of halogens is 2. The average Bonchev–Trinajstić information content (AvgIpc) is 2.76. The fourth-order valence-electron chi connectivity index (χ4n) is 1.23. The summed E-state index contributed by atoms with van der Waals surface area (Å²) in [5, 5.41) is 5.54. The van der Waals surface area contributed by atoms with Gasteiger partial charge in [0.2, 0.25) is 0 Å². The Morgan fingerprint density at radius 2 is 2.18 bits per heavy atom. The van der Waals surface area contributed by atoms with Gasteiger partial charge in [-0.15, -0.1) is 0 Å². The van der Waals surface area contributed by atoms with Gasteiger partial charge in [0.25, 0.3) is 5.91 Å². The van der Waals surface area contributed by atoms with Crippen LogP contribution in [0, 0.1) is 11.6 Å². The molecule has 0 bridgehead atoms. The van der Waals surface area contributed by atoms with Crippen LogP contribution in [0.1, 0.15) is 10.5 Å².